The van der Waals surface area contributed by atoms with Gasteiger partial charge in [-0.2, -0.15) is 0 Å². The van der Waals surface area contributed by atoms with Crippen LogP contribution in [0.3, 0.4) is 0 Å². The zero-order chi connectivity index (χ0) is 13.7. The van der Waals surface area contributed by atoms with Gasteiger partial charge in [-0.15, -0.1) is 11.3 Å². The second-order valence-electron chi connectivity index (χ2n) is 5.62. The molecule has 0 atom stereocenters. The third-order valence-electron chi connectivity index (χ3n) is 4.01. The number of thiophene rings is 1. The van der Waals surface area contributed by atoms with Gasteiger partial charge in [0.15, 0.2) is 0 Å². The van der Waals surface area contributed by atoms with E-state index in [0.29, 0.717) is 6.54 Å². The molecular formula is C16H24N2S. The van der Waals surface area contributed by atoms with Crippen molar-refractivity contribution >= 4 is 11.3 Å². The quantitative estimate of drug-likeness (QED) is 0.860. The summed E-state index contributed by atoms with van der Waals surface area (Å²) in [5, 5.41) is 2.14. The zero-order valence-electron chi connectivity index (χ0n) is 12.0. The summed E-state index contributed by atoms with van der Waals surface area (Å²) in [6, 6.07) is 2.11. The van der Waals surface area contributed by atoms with Crippen molar-refractivity contribution in [3.05, 3.63) is 21.9 Å². The van der Waals surface area contributed by atoms with E-state index in [1.165, 1.54) is 36.4 Å². The van der Waals surface area contributed by atoms with Crippen LogP contribution in [0.5, 0.6) is 0 Å². The molecule has 0 spiro atoms. The standard InChI is InChI=1S/C16H24N2S/c1-13(2)14-5-9-18(10-6-14)12-16-15(4-3-8-17)7-11-19-16/h7,11,13-14H,5-6,8-10,12,17H2,1-2H3. The molecule has 0 radical (unpaired) electrons. The molecule has 2 rings (SSSR count). The summed E-state index contributed by atoms with van der Waals surface area (Å²) in [7, 11) is 0. The first-order valence-corrected chi connectivity index (χ1v) is 8.06. The van der Waals surface area contributed by atoms with E-state index in [-0.39, 0.29) is 0 Å². The molecule has 0 saturated carbocycles. The van der Waals surface area contributed by atoms with Gasteiger partial charge in [-0.25, -0.2) is 0 Å². The zero-order valence-corrected chi connectivity index (χ0v) is 12.8. The molecule has 1 saturated heterocycles. The SMILES string of the molecule is CC(C)C1CCN(Cc2sccc2C#CCN)CC1. The summed E-state index contributed by atoms with van der Waals surface area (Å²) in [6.07, 6.45) is 2.68. The van der Waals surface area contributed by atoms with Crippen molar-refractivity contribution in [1.82, 2.24) is 4.90 Å². The molecule has 3 heteroatoms. The van der Waals surface area contributed by atoms with E-state index in [9.17, 15) is 0 Å². The number of hydrogen-bond acceptors (Lipinski definition) is 3. The Bertz CT molecular complexity index is 445. The monoisotopic (exact) mass is 276 g/mol. The average molecular weight is 276 g/mol. The van der Waals surface area contributed by atoms with E-state index in [1.807, 2.05) is 11.3 Å². The molecule has 0 aromatic carbocycles. The van der Waals surface area contributed by atoms with Gasteiger partial charge in [-0.05, 0) is 49.2 Å². The van der Waals surface area contributed by atoms with Gasteiger partial charge in [-0.3, -0.25) is 4.90 Å². The van der Waals surface area contributed by atoms with E-state index in [2.05, 4.69) is 42.0 Å². The van der Waals surface area contributed by atoms with Crippen molar-refractivity contribution < 1.29 is 0 Å². The summed E-state index contributed by atoms with van der Waals surface area (Å²) in [5.41, 5.74) is 6.61. The Morgan fingerprint density at radius 2 is 2.16 bits per heavy atom. The summed E-state index contributed by atoms with van der Waals surface area (Å²) in [6.45, 7) is 8.64. The summed E-state index contributed by atoms with van der Waals surface area (Å²) in [5.74, 6) is 7.88. The molecule has 2 heterocycles. The van der Waals surface area contributed by atoms with Gasteiger partial charge < -0.3 is 5.73 Å². The summed E-state index contributed by atoms with van der Waals surface area (Å²) < 4.78 is 0. The predicted molar refractivity (Wildman–Crippen MR) is 83.1 cm³/mol. The molecule has 1 aromatic rings. The van der Waals surface area contributed by atoms with Gasteiger partial charge >= 0.3 is 0 Å². The molecule has 19 heavy (non-hydrogen) atoms. The van der Waals surface area contributed by atoms with Crippen LogP contribution >= 0.6 is 11.3 Å². The van der Waals surface area contributed by atoms with Gasteiger partial charge in [0.05, 0.1) is 6.54 Å². The maximum atomic E-state index is 5.44. The lowest BCUT2D eigenvalue weighted by atomic mass is 9.87. The number of nitrogens with zero attached hydrogens (tertiary/aromatic N) is 1. The highest BCUT2D eigenvalue weighted by Gasteiger charge is 2.22. The Morgan fingerprint density at radius 1 is 1.42 bits per heavy atom. The van der Waals surface area contributed by atoms with Gasteiger partial charge in [0.25, 0.3) is 0 Å². The fourth-order valence-electron chi connectivity index (χ4n) is 2.70. The van der Waals surface area contributed by atoms with Crippen LogP contribution in [0.1, 0.15) is 37.1 Å². The van der Waals surface area contributed by atoms with Crippen LogP contribution in [0, 0.1) is 23.7 Å². The summed E-state index contributed by atoms with van der Waals surface area (Å²) >= 11 is 1.82. The Labute approximate surface area is 121 Å². The topological polar surface area (TPSA) is 29.3 Å². The van der Waals surface area contributed by atoms with Crippen LogP contribution in [0.15, 0.2) is 11.4 Å². The van der Waals surface area contributed by atoms with E-state index >= 15 is 0 Å². The van der Waals surface area contributed by atoms with Crippen molar-refractivity contribution in [3.8, 4) is 11.8 Å². The largest absolute Gasteiger partial charge is 0.320 e. The minimum Gasteiger partial charge on any atom is -0.320 e. The Hall–Kier alpha value is -0.820. The molecule has 104 valence electrons. The highest BCUT2D eigenvalue weighted by molar-refractivity contribution is 7.10. The van der Waals surface area contributed by atoms with E-state index in [0.717, 1.165) is 18.4 Å². The fourth-order valence-corrected chi connectivity index (χ4v) is 3.57. The first kappa shape index (κ1) is 14.6. The van der Waals surface area contributed by atoms with Crippen LogP contribution in [0.25, 0.3) is 0 Å². The van der Waals surface area contributed by atoms with E-state index < -0.39 is 0 Å². The fraction of sp³-hybridized carbons (Fsp3) is 0.625. The second kappa shape index (κ2) is 7.09. The summed E-state index contributed by atoms with van der Waals surface area (Å²) in [4.78, 5) is 3.96. The van der Waals surface area contributed by atoms with Crippen molar-refractivity contribution in [3.63, 3.8) is 0 Å². The van der Waals surface area contributed by atoms with Crippen molar-refractivity contribution in [1.29, 1.82) is 0 Å². The molecule has 0 bridgehead atoms. The molecule has 2 nitrogen and oxygen atoms in total. The Kier molecular flexibility index (Phi) is 5.45. The molecule has 1 aliphatic heterocycles. The molecule has 1 aromatic heterocycles. The lowest BCUT2D eigenvalue weighted by Gasteiger charge is -2.33. The third kappa shape index (κ3) is 4.07. The van der Waals surface area contributed by atoms with Gasteiger partial charge in [0, 0.05) is 17.0 Å². The highest BCUT2D eigenvalue weighted by Crippen LogP contribution is 2.26. The molecule has 2 N–H and O–H groups in total. The molecule has 0 amide bonds. The van der Waals surface area contributed by atoms with Gasteiger partial charge in [0.1, 0.15) is 0 Å². The van der Waals surface area contributed by atoms with E-state index in [1.54, 1.807) is 0 Å². The smallest absolute Gasteiger partial charge is 0.0555 e. The van der Waals surface area contributed by atoms with Crippen LogP contribution in [0.4, 0.5) is 0 Å². The number of hydrogen-bond donors (Lipinski definition) is 1. The van der Waals surface area contributed by atoms with Crippen LogP contribution in [0.2, 0.25) is 0 Å². The number of piperidine rings is 1. The van der Waals surface area contributed by atoms with Crippen LogP contribution in [-0.2, 0) is 6.54 Å². The number of rotatable bonds is 3. The highest BCUT2D eigenvalue weighted by atomic mass is 32.1. The van der Waals surface area contributed by atoms with Crippen molar-refractivity contribution in [2.45, 2.75) is 33.2 Å². The minimum absolute atomic E-state index is 0.440. The predicted octanol–water partition coefficient (Wildman–Crippen LogP) is 2.93. The maximum Gasteiger partial charge on any atom is 0.0555 e. The Morgan fingerprint density at radius 3 is 2.79 bits per heavy atom. The first-order valence-electron chi connectivity index (χ1n) is 7.18. The average Bonchev–Trinajstić information content (AvgIpc) is 2.84. The molecule has 0 aliphatic carbocycles. The van der Waals surface area contributed by atoms with E-state index in [4.69, 9.17) is 5.73 Å². The second-order valence-corrected chi connectivity index (χ2v) is 6.62. The molecule has 1 fully saturated rings. The minimum atomic E-state index is 0.440. The first-order chi connectivity index (χ1) is 9.20. The van der Waals surface area contributed by atoms with Gasteiger partial charge in [-0.1, -0.05) is 25.7 Å². The van der Waals surface area contributed by atoms with Gasteiger partial charge in [0.2, 0.25) is 0 Å². The van der Waals surface area contributed by atoms with Crippen molar-refractivity contribution in [2.75, 3.05) is 19.6 Å². The molecular weight excluding hydrogens is 252 g/mol. The van der Waals surface area contributed by atoms with Crippen molar-refractivity contribution in [2.24, 2.45) is 17.6 Å². The lowest BCUT2D eigenvalue weighted by molar-refractivity contribution is 0.153. The lowest BCUT2D eigenvalue weighted by Crippen LogP contribution is -2.34. The normalized spacial score (nSPS) is 17.5. The molecule has 1 aliphatic rings. The number of likely N-dealkylation sites (tertiary alicyclic amines) is 1. The van der Waals surface area contributed by atoms with Crippen LogP contribution < -0.4 is 5.73 Å². The maximum absolute atomic E-state index is 5.44. The third-order valence-corrected chi connectivity index (χ3v) is 4.92. The molecule has 0 unspecified atom stereocenters. The van der Waals surface area contributed by atoms with Crippen LogP contribution in [-0.4, -0.2) is 24.5 Å². The number of nitrogens with two attached hydrogens (primary N) is 1. The Balaban J connectivity index is 1.91.